The lowest BCUT2D eigenvalue weighted by molar-refractivity contribution is -0.223. The van der Waals surface area contributed by atoms with Gasteiger partial charge in [0.15, 0.2) is 0 Å². The number of ether oxygens (including phenoxy) is 1. The van der Waals surface area contributed by atoms with E-state index in [1.807, 2.05) is 6.92 Å². The molecule has 1 aliphatic carbocycles. The van der Waals surface area contributed by atoms with Gasteiger partial charge in [-0.15, -0.1) is 0 Å². The maximum atomic E-state index is 10.8. The van der Waals surface area contributed by atoms with Gasteiger partial charge in [0.05, 0.1) is 17.1 Å². The predicted octanol–water partition coefficient (Wildman–Crippen LogP) is 3.08. The summed E-state index contributed by atoms with van der Waals surface area (Å²) in [6, 6.07) is 0. The Morgan fingerprint density at radius 2 is 1.69 bits per heavy atom. The van der Waals surface area contributed by atoms with Gasteiger partial charge in [-0.25, -0.2) is 0 Å². The van der Waals surface area contributed by atoms with Gasteiger partial charge < -0.3 is 9.84 Å². The number of carboxylic acids is 1. The van der Waals surface area contributed by atoms with Crippen LogP contribution in [0.5, 0.6) is 0 Å². The zero-order valence-corrected chi connectivity index (χ0v) is 11.3. The molecular formula is C13H24O3. The number of aliphatic carboxylic acids is 1. The highest BCUT2D eigenvalue weighted by Gasteiger charge is 2.49. The lowest BCUT2D eigenvalue weighted by Gasteiger charge is -2.51. The van der Waals surface area contributed by atoms with E-state index in [0.717, 1.165) is 0 Å². The van der Waals surface area contributed by atoms with Crippen LogP contribution in [0.3, 0.4) is 0 Å². The fourth-order valence-corrected chi connectivity index (χ4v) is 2.01. The first kappa shape index (κ1) is 13.5. The second-order valence-corrected chi connectivity index (χ2v) is 6.76. The van der Waals surface area contributed by atoms with Gasteiger partial charge in [0.2, 0.25) is 0 Å². The van der Waals surface area contributed by atoms with E-state index in [9.17, 15) is 4.79 Å². The average Bonchev–Trinajstić information content (AvgIpc) is 1.96. The maximum Gasteiger partial charge on any atom is 0.306 e. The Morgan fingerprint density at radius 1 is 1.25 bits per heavy atom. The van der Waals surface area contributed by atoms with Crippen molar-refractivity contribution in [1.29, 1.82) is 0 Å². The molecule has 94 valence electrons. The van der Waals surface area contributed by atoms with Gasteiger partial charge >= 0.3 is 5.97 Å². The Balaban J connectivity index is 2.60. The van der Waals surface area contributed by atoms with Gasteiger partial charge in [-0.1, -0.05) is 20.8 Å². The number of carboxylic acid groups (broad SMARTS) is 1. The second-order valence-electron chi connectivity index (χ2n) is 6.76. The number of hydrogen-bond acceptors (Lipinski definition) is 2. The zero-order valence-electron chi connectivity index (χ0n) is 11.3. The van der Waals surface area contributed by atoms with Crippen LogP contribution in [0.15, 0.2) is 0 Å². The molecule has 0 aromatic carbocycles. The molecule has 0 atom stereocenters. The van der Waals surface area contributed by atoms with Crippen LogP contribution in [0.25, 0.3) is 0 Å². The Morgan fingerprint density at radius 3 is 2.00 bits per heavy atom. The van der Waals surface area contributed by atoms with Crippen molar-refractivity contribution in [1.82, 2.24) is 0 Å². The van der Waals surface area contributed by atoms with E-state index in [4.69, 9.17) is 9.84 Å². The highest BCUT2D eigenvalue weighted by molar-refractivity contribution is 5.71. The Labute approximate surface area is 98.2 Å². The number of rotatable bonds is 3. The van der Waals surface area contributed by atoms with E-state index in [0.29, 0.717) is 12.8 Å². The average molecular weight is 228 g/mol. The molecule has 1 fully saturated rings. The summed E-state index contributed by atoms with van der Waals surface area (Å²) >= 11 is 0. The molecule has 1 aliphatic rings. The van der Waals surface area contributed by atoms with Crippen molar-refractivity contribution in [2.75, 3.05) is 0 Å². The summed E-state index contributed by atoms with van der Waals surface area (Å²) in [6.45, 7) is 12.6. The molecule has 0 spiro atoms. The molecule has 1 N–H and O–H groups in total. The molecular weight excluding hydrogens is 204 g/mol. The van der Waals surface area contributed by atoms with Crippen LogP contribution in [-0.4, -0.2) is 22.3 Å². The SMILES string of the molecule is CC1(OC(C)(C)C(C)(C)C)CC(C(=O)O)C1. The van der Waals surface area contributed by atoms with Crippen molar-refractivity contribution in [3.05, 3.63) is 0 Å². The third kappa shape index (κ3) is 2.57. The molecule has 0 amide bonds. The summed E-state index contributed by atoms with van der Waals surface area (Å²) in [5.41, 5.74) is -0.463. The summed E-state index contributed by atoms with van der Waals surface area (Å²) < 4.78 is 6.14. The van der Waals surface area contributed by atoms with Crippen molar-refractivity contribution in [3.8, 4) is 0 Å². The molecule has 0 bridgehead atoms. The lowest BCUT2D eigenvalue weighted by atomic mass is 9.70. The van der Waals surface area contributed by atoms with Crippen LogP contribution in [0, 0.1) is 11.3 Å². The number of hydrogen-bond donors (Lipinski definition) is 1. The van der Waals surface area contributed by atoms with Crippen molar-refractivity contribution >= 4 is 5.97 Å². The molecule has 3 heteroatoms. The van der Waals surface area contributed by atoms with E-state index in [-0.39, 0.29) is 22.5 Å². The normalized spacial score (nSPS) is 31.0. The smallest absolute Gasteiger partial charge is 0.306 e. The molecule has 0 aliphatic heterocycles. The number of carbonyl (C=O) groups is 1. The van der Waals surface area contributed by atoms with E-state index in [2.05, 4.69) is 34.6 Å². The lowest BCUT2D eigenvalue weighted by Crippen LogP contribution is -2.54. The van der Waals surface area contributed by atoms with Gasteiger partial charge in [0.1, 0.15) is 0 Å². The van der Waals surface area contributed by atoms with Gasteiger partial charge in [-0.3, -0.25) is 4.79 Å². The third-order valence-electron chi connectivity index (χ3n) is 4.01. The molecule has 0 saturated heterocycles. The molecule has 0 heterocycles. The van der Waals surface area contributed by atoms with Crippen LogP contribution in [-0.2, 0) is 9.53 Å². The summed E-state index contributed by atoms with van der Waals surface area (Å²) in [5, 5.41) is 8.87. The van der Waals surface area contributed by atoms with E-state index in [1.165, 1.54) is 0 Å². The Kier molecular flexibility index (Phi) is 3.14. The topological polar surface area (TPSA) is 46.5 Å². The summed E-state index contributed by atoms with van der Waals surface area (Å²) in [6.07, 6.45) is 1.25. The molecule has 0 aromatic rings. The standard InChI is InChI=1S/C13H24O3/c1-11(2,3)12(4,5)16-13(6)7-9(8-13)10(14)15/h9H,7-8H2,1-6H3,(H,14,15). The minimum absolute atomic E-state index is 0.0460. The maximum absolute atomic E-state index is 10.8. The first-order chi connectivity index (χ1) is 6.97. The predicted molar refractivity (Wildman–Crippen MR) is 63.4 cm³/mol. The van der Waals surface area contributed by atoms with Crippen LogP contribution in [0.2, 0.25) is 0 Å². The molecule has 1 rings (SSSR count). The first-order valence-electron chi connectivity index (χ1n) is 5.90. The zero-order chi connectivity index (χ0) is 12.8. The first-order valence-corrected chi connectivity index (χ1v) is 5.90. The largest absolute Gasteiger partial charge is 0.481 e. The highest BCUT2D eigenvalue weighted by Crippen LogP contribution is 2.46. The Bertz CT molecular complexity index is 280. The molecule has 3 nitrogen and oxygen atoms in total. The van der Waals surface area contributed by atoms with E-state index in [1.54, 1.807) is 0 Å². The van der Waals surface area contributed by atoms with Gasteiger partial charge in [0.25, 0.3) is 0 Å². The fraction of sp³-hybridized carbons (Fsp3) is 0.923. The second kappa shape index (κ2) is 3.73. The summed E-state index contributed by atoms with van der Waals surface area (Å²) in [4.78, 5) is 10.8. The fourth-order valence-electron chi connectivity index (χ4n) is 2.01. The third-order valence-corrected chi connectivity index (χ3v) is 4.01. The minimum Gasteiger partial charge on any atom is -0.481 e. The minimum atomic E-state index is -0.699. The van der Waals surface area contributed by atoms with Crippen LogP contribution < -0.4 is 0 Å². The quantitative estimate of drug-likeness (QED) is 0.807. The van der Waals surface area contributed by atoms with E-state index >= 15 is 0 Å². The van der Waals surface area contributed by atoms with E-state index < -0.39 is 5.97 Å². The van der Waals surface area contributed by atoms with Crippen molar-refractivity contribution in [2.24, 2.45) is 11.3 Å². The van der Waals surface area contributed by atoms with Crippen LogP contribution >= 0.6 is 0 Å². The van der Waals surface area contributed by atoms with Gasteiger partial charge in [-0.05, 0) is 39.0 Å². The molecule has 0 aromatic heterocycles. The van der Waals surface area contributed by atoms with Crippen LogP contribution in [0.1, 0.15) is 54.4 Å². The molecule has 16 heavy (non-hydrogen) atoms. The summed E-state index contributed by atoms with van der Waals surface area (Å²) in [7, 11) is 0. The molecule has 0 unspecified atom stereocenters. The van der Waals surface area contributed by atoms with Gasteiger partial charge in [0, 0.05) is 0 Å². The molecule has 0 radical (unpaired) electrons. The van der Waals surface area contributed by atoms with Crippen molar-refractivity contribution < 1.29 is 14.6 Å². The van der Waals surface area contributed by atoms with Gasteiger partial charge in [-0.2, -0.15) is 0 Å². The monoisotopic (exact) mass is 228 g/mol. The van der Waals surface area contributed by atoms with Crippen LogP contribution in [0.4, 0.5) is 0 Å². The summed E-state index contributed by atoms with van der Waals surface area (Å²) in [5.74, 6) is -0.921. The molecule has 1 saturated carbocycles. The van der Waals surface area contributed by atoms with Crippen molar-refractivity contribution in [2.45, 2.75) is 65.6 Å². The van der Waals surface area contributed by atoms with Crippen molar-refractivity contribution in [3.63, 3.8) is 0 Å². The Hall–Kier alpha value is -0.570. The highest BCUT2D eigenvalue weighted by atomic mass is 16.5.